The molecule has 0 aliphatic rings. The lowest BCUT2D eigenvalue weighted by Crippen LogP contribution is -2.42. The van der Waals surface area contributed by atoms with E-state index in [1.807, 2.05) is 7.05 Å². The first-order valence-electron chi connectivity index (χ1n) is 5.79. The molecule has 0 rings (SSSR count). The summed E-state index contributed by atoms with van der Waals surface area (Å²) in [4.78, 5) is 0. The van der Waals surface area contributed by atoms with Crippen molar-refractivity contribution in [3.63, 3.8) is 0 Å². The lowest BCUT2D eigenvalue weighted by molar-refractivity contribution is 0.304. The van der Waals surface area contributed by atoms with Gasteiger partial charge in [-0.25, -0.2) is 0 Å². The highest BCUT2D eigenvalue weighted by atomic mass is 32.2. The van der Waals surface area contributed by atoms with Gasteiger partial charge in [0.15, 0.2) is 0 Å². The van der Waals surface area contributed by atoms with Crippen molar-refractivity contribution in [3.05, 3.63) is 0 Å². The van der Waals surface area contributed by atoms with Gasteiger partial charge >= 0.3 is 0 Å². The van der Waals surface area contributed by atoms with Gasteiger partial charge in [-0.3, -0.25) is 4.21 Å². The van der Waals surface area contributed by atoms with E-state index in [2.05, 4.69) is 39.9 Å². The van der Waals surface area contributed by atoms with Gasteiger partial charge in [0.25, 0.3) is 0 Å². The van der Waals surface area contributed by atoms with Crippen LogP contribution in [0.5, 0.6) is 0 Å². The van der Waals surface area contributed by atoms with E-state index in [0.717, 1.165) is 17.9 Å². The van der Waals surface area contributed by atoms with Gasteiger partial charge in [0.1, 0.15) is 0 Å². The second-order valence-corrected chi connectivity index (χ2v) is 7.32. The summed E-state index contributed by atoms with van der Waals surface area (Å²) in [5.74, 6) is 2.26. The summed E-state index contributed by atoms with van der Waals surface area (Å²) >= 11 is 0. The van der Waals surface area contributed by atoms with Crippen LogP contribution >= 0.6 is 0 Å². The van der Waals surface area contributed by atoms with Crippen LogP contribution in [0.15, 0.2) is 0 Å². The van der Waals surface area contributed by atoms with Crippen LogP contribution in [0.4, 0.5) is 0 Å². The molecule has 0 aromatic carbocycles. The molecule has 1 N–H and O–H groups in total. The molecule has 0 aliphatic carbocycles. The highest BCUT2D eigenvalue weighted by Gasteiger charge is 2.24. The lowest BCUT2D eigenvalue weighted by atomic mass is 9.88. The maximum atomic E-state index is 11.8. The Morgan fingerprint density at radius 1 is 1.27 bits per heavy atom. The van der Waals surface area contributed by atoms with Crippen molar-refractivity contribution in [2.45, 2.75) is 47.1 Å². The molecular formula is C12H27NOS. The average molecular weight is 233 g/mol. The van der Waals surface area contributed by atoms with E-state index in [9.17, 15) is 4.21 Å². The molecule has 3 heteroatoms. The number of hydrogen-bond donors (Lipinski definition) is 1. The van der Waals surface area contributed by atoms with E-state index in [0.29, 0.717) is 12.0 Å². The molecule has 2 nitrogen and oxygen atoms in total. The number of rotatable bonds is 6. The van der Waals surface area contributed by atoms with Crippen LogP contribution in [0.3, 0.4) is 0 Å². The molecule has 0 fully saturated rings. The fourth-order valence-electron chi connectivity index (χ4n) is 1.40. The highest BCUT2D eigenvalue weighted by molar-refractivity contribution is 7.85. The molecule has 15 heavy (non-hydrogen) atoms. The minimum atomic E-state index is -0.680. The van der Waals surface area contributed by atoms with Crippen LogP contribution < -0.4 is 5.32 Å². The van der Waals surface area contributed by atoms with Gasteiger partial charge in [-0.15, -0.1) is 0 Å². The van der Waals surface area contributed by atoms with Crippen LogP contribution in [0.25, 0.3) is 0 Å². The van der Waals surface area contributed by atoms with Crippen molar-refractivity contribution >= 4 is 10.8 Å². The Morgan fingerprint density at radius 3 is 2.13 bits per heavy atom. The Balaban J connectivity index is 4.03. The van der Waals surface area contributed by atoms with Crippen molar-refractivity contribution in [3.8, 4) is 0 Å². The molecule has 2 atom stereocenters. The van der Waals surface area contributed by atoms with E-state index < -0.39 is 10.8 Å². The van der Waals surface area contributed by atoms with Gasteiger partial charge in [0, 0.05) is 28.3 Å². The van der Waals surface area contributed by atoms with E-state index in [1.54, 1.807) is 0 Å². The second kappa shape index (κ2) is 6.64. The molecular weight excluding hydrogens is 206 g/mol. The molecule has 0 bridgehead atoms. The topological polar surface area (TPSA) is 29.1 Å². The third kappa shape index (κ3) is 7.07. The van der Waals surface area contributed by atoms with Gasteiger partial charge in [-0.2, -0.15) is 0 Å². The maximum absolute atomic E-state index is 11.8. The smallest absolute Gasteiger partial charge is 0.0393 e. The van der Waals surface area contributed by atoms with E-state index >= 15 is 0 Å². The normalized spacial score (nSPS) is 16.7. The molecule has 0 saturated carbocycles. The van der Waals surface area contributed by atoms with E-state index in [-0.39, 0.29) is 5.41 Å². The zero-order valence-corrected chi connectivity index (χ0v) is 11.9. The van der Waals surface area contributed by atoms with Crippen LogP contribution in [0, 0.1) is 11.3 Å². The Hall–Kier alpha value is 0.110. The molecule has 2 unspecified atom stereocenters. The Labute approximate surface area is 97.7 Å². The summed E-state index contributed by atoms with van der Waals surface area (Å²) in [6, 6.07) is 0.338. The molecule has 0 heterocycles. The summed E-state index contributed by atoms with van der Waals surface area (Å²) in [5, 5.41) is 3.27. The predicted molar refractivity (Wildman–Crippen MR) is 69.6 cm³/mol. The number of hydrogen-bond acceptors (Lipinski definition) is 2. The summed E-state index contributed by atoms with van der Waals surface area (Å²) in [6.07, 6.45) is 1.06. The van der Waals surface area contributed by atoms with Gasteiger partial charge in [-0.05, 0) is 24.8 Å². The van der Waals surface area contributed by atoms with Crippen LogP contribution in [-0.4, -0.2) is 28.8 Å². The first kappa shape index (κ1) is 15.1. The maximum Gasteiger partial charge on any atom is 0.0393 e. The van der Waals surface area contributed by atoms with Crippen molar-refractivity contribution in [1.82, 2.24) is 5.32 Å². The standard InChI is InChI=1S/C12H27NOS/c1-10(2)7-8-15(14)9-11(13-6)12(3,4)5/h10-11,13H,7-9H2,1-6H3. The quantitative estimate of drug-likeness (QED) is 0.763. The lowest BCUT2D eigenvalue weighted by Gasteiger charge is -2.30. The molecule has 0 aromatic heterocycles. The van der Waals surface area contributed by atoms with Gasteiger partial charge in [-0.1, -0.05) is 34.6 Å². The molecule has 0 saturated heterocycles. The largest absolute Gasteiger partial charge is 0.316 e. The molecule has 0 aromatic rings. The molecule has 0 aliphatic heterocycles. The Bertz CT molecular complexity index is 196. The van der Waals surface area contributed by atoms with E-state index in [1.165, 1.54) is 0 Å². The summed E-state index contributed by atoms with van der Waals surface area (Å²) < 4.78 is 11.8. The van der Waals surface area contributed by atoms with Crippen molar-refractivity contribution < 1.29 is 4.21 Å². The minimum Gasteiger partial charge on any atom is -0.316 e. The molecule has 0 spiro atoms. The van der Waals surface area contributed by atoms with Gasteiger partial charge in [0.05, 0.1) is 0 Å². The van der Waals surface area contributed by atoms with Crippen LogP contribution in [0.1, 0.15) is 41.0 Å². The zero-order valence-electron chi connectivity index (χ0n) is 11.1. The van der Waals surface area contributed by atoms with Crippen LogP contribution in [-0.2, 0) is 10.8 Å². The summed E-state index contributed by atoms with van der Waals surface area (Å²) in [6.45, 7) is 10.9. The minimum absolute atomic E-state index is 0.183. The predicted octanol–water partition coefficient (Wildman–Crippen LogP) is 2.42. The molecule has 92 valence electrons. The molecule has 0 radical (unpaired) electrons. The zero-order chi connectivity index (χ0) is 12.1. The second-order valence-electron chi connectivity index (χ2n) is 5.70. The third-order valence-corrected chi connectivity index (χ3v) is 4.07. The van der Waals surface area contributed by atoms with Crippen molar-refractivity contribution in [1.29, 1.82) is 0 Å². The average Bonchev–Trinajstić information content (AvgIpc) is 2.08. The fourth-order valence-corrected chi connectivity index (χ4v) is 3.34. The van der Waals surface area contributed by atoms with Gasteiger partial charge < -0.3 is 5.32 Å². The Morgan fingerprint density at radius 2 is 1.80 bits per heavy atom. The van der Waals surface area contributed by atoms with Crippen molar-refractivity contribution in [2.24, 2.45) is 11.3 Å². The SMILES string of the molecule is CNC(CS(=O)CCC(C)C)C(C)(C)C. The van der Waals surface area contributed by atoms with Gasteiger partial charge in [0.2, 0.25) is 0 Å². The highest BCUT2D eigenvalue weighted by Crippen LogP contribution is 2.20. The summed E-state index contributed by atoms with van der Waals surface area (Å²) in [7, 11) is 1.27. The van der Waals surface area contributed by atoms with Crippen LogP contribution in [0.2, 0.25) is 0 Å². The summed E-state index contributed by atoms with van der Waals surface area (Å²) in [5.41, 5.74) is 0.183. The fraction of sp³-hybridized carbons (Fsp3) is 1.00. The monoisotopic (exact) mass is 233 g/mol. The Kier molecular flexibility index (Phi) is 6.69. The first-order chi connectivity index (χ1) is 6.77. The third-order valence-electron chi connectivity index (χ3n) is 2.67. The first-order valence-corrected chi connectivity index (χ1v) is 7.28. The number of nitrogens with one attached hydrogen (secondary N) is 1. The van der Waals surface area contributed by atoms with E-state index in [4.69, 9.17) is 0 Å². The van der Waals surface area contributed by atoms with Crippen molar-refractivity contribution in [2.75, 3.05) is 18.6 Å². The molecule has 0 amide bonds.